The van der Waals surface area contributed by atoms with Crippen molar-refractivity contribution in [3.05, 3.63) is 69.7 Å². The Labute approximate surface area is 539 Å². The van der Waals surface area contributed by atoms with Crippen molar-refractivity contribution in [1.29, 1.82) is 0 Å². The molecule has 0 aromatic carbocycles. The van der Waals surface area contributed by atoms with Crippen molar-refractivity contribution < 1.29 is 13.3 Å². The molecule has 84 heavy (non-hydrogen) atoms. The maximum Gasteiger partial charge on any atom is 0.253 e. The van der Waals surface area contributed by atoms with Gasteiger partial charge in [0.05, 0.1) is 79.8 Å². The Kier molecular flexibility index (Phi) is 59.3. The van der Waals surface area contributed by atoms with Gasteiger partial charge in [0.2, 0.25) is 0 Å². The van der Waals surface area contributed by atoms with Crippen LogP contribution in [0, 0.1) is 73.1 Å². The Balaban J connectivity index is -0.000000108. The number of imidazole rings is 1. The smallest absolute Gasteiger partial charge is 0.253 e. The fraction of sp³-hybridized carbons (Fsp3) is 0.826. The minimum Gasteiger partial charge on any atom is -0.376 e. The SMILES string of the molecule is C.C=C(C)C(C)C.C=C(C)N(C)C(C)C.CC(C)C.CC(C)C.CC(C)N(C)P(C)(C)=N[P+](C)(C)C.CC(C)N(C)[P+](C)(C)C.CC(C)N(C)[S+](C)(C)=O.CC(C)N(C)[S+](C)C.Cc1c(C)[n+](C)c(C)n1C.Cc1c(C)c(C)[n+](C)c(C)c1C. The third-order valence-electron chi connectivity index (χ3n) is 14.5. The molecule has 0 fully saturated rings. The maximum absolute atomic E-state index is 11.3. The number of hydrogen-bond donors (Lipinski definition) is 0. The number of aromatic nitrogens is 3. The van der Waals surface area contributed by atoms with Crippen LogP contribution >= 0.6 is 22.0 Å². The van der Waals surface area contributed by atoms with Gasteiger partial charge < -0.3 is 4.90 Å². The molecule has 2 heterocycles. The van der Waals surface area contributed by atoms with E-state index in [1.165, 1.54) is 50.9 Å². The van der Waals surface area contributed by atoms with Crippen molar-refractivity contribution in [2.75, 3.05) is 114 Å². The second-order valence-electron chi connectivity index (χ2n) is 28.2. The van der Waals surface area contributed by atoms with Gasteiger partial charge in [-0.2, -0.15) is 4.67 Å². The lowest BCUT2D eigenvalue weighted by Gasteiger charge is -2.30. The average molecular weight is 1290 g/mol. The van der Waals surface area contributed by atoms with Crippen molar-refractivity contribution in [2.45, 2.75) is 232 Å². The van der Waals surface area contributed by atoms with Crippen LogP contribution in [-0.4, -0.2) is 171 Å². The topological polar surface area (TPSA) is 58.3 Å². The third kappa shape index (κ3) is 53.0. The fourth-order valence-corrected chi connectivity index (χ4v) is 16.3. The van der Waals surface area contributed by atoms with E-state index in [0.717, 1.165) is 17.5 Å². The molecule has 0 aliphatic rings. The lowest BCUT2D eigenvalue weighted by atomic mass is 10.0. The number of nitrogens with zero attached hydrogens (tertiary/aromatic N) is 9. The van der Waals surface area contributed by atoms with Crippen LogP contribution in [-0.2, 0) is 46.6 Å². The van der Waals surface area contributed by atoms with Gasteiger partial charge in [-0.05, 0) is 148 Å². The van der Waals surface area contributed by atoms with Gasteiger partial charge in [0.15, 0.2) is 21.5 Å². The summed E-state index contributed by atoms with van der Waals surface area (Å²) in [5, 5.41) is 0. The summed E-state index contributed by atoms with van der Waals surface area (Å²) in [7, 11) is 12.2. The first kappa shape index (κ1) is 102. The second kappa shape index (κ2) is 48.9. The van der Waals surface area contributed by atoms with Crippen LogP contribution in [0.5, 0.6) is 0 Å². The van der Waals surface area contributed by atoms with Crippen LogP contribution in [0.3, 0.4) is 0 Å². The average Bonchev–Trinajstić information content (AvgIpc) is 3.47. The number of allylic oxidation sites excluding steroid dienone is 2. The van der Waals surface area contributed by atoms with E-state index >= 15 is 0 Å². The van der Waals surface area contributed by atoms with Crippen LogP contribution in [0.2, 0.25) is 0 Å². The van der Waals surface area contributed by atoms with Gasteiger partial charge in [0, 0.05) is 110 Å². The fourth-order valence-electron chi connectivity index (χ4n) is 6.12. The number of pyridine rings is 1. The minimum atomic E-state index is -1.72. The summed E-state index contributed by atoms with van der Waals surface area (Å²) < 4.78 is 32.1. The maximum atomic E-state index is 11.3. The molecule has 0 atom stereocenters. The predicted octanol–water partition coefficient (Wildman–Crippen LogP) is 18.7. The lowest BCUT2D eigenvalue weighted by Crippen LogP contribution is -2.37. The van der Waals surface area contributed by atoms with Crippen molar-refractivity contribution in [1.82, 2.24) is 27.4 Å². The molecule has 0 radical (unpaired) electrons. The Bertz CT molecular complexity index is 1930. The molecule has 0 unspecified atom stereocenters. The quantitative estimate of drug-likeness (QED) is 0.0917. The van der Waals surface area contributed by atoms with E-state index in [4.69, 9.17) is 4.52 Å². The van der Waals surface area contributed by atoms with Gasteiger partial charge in [-0.15, -0.1) is 13.1 Å². The summed E-state index contributed by atoms with van der Waals surface area (Å²) in [5.74, 6) is 3.62. The van der Waals surface area contributed by atoms with Crippen LogP contribution in [0.1, 0.15) is 191 Å². The molecule has 0 saturated heterocycles. The van der Waals surface area contributed by atoms with Crippen LogP contribution in [0.25, 0.3) is 0 Å². The first-order valence-electron chi connectivity index (χ1n) is 30.6. The molecule has 2 aromatic rings. The highest BCUT2D eigenvalue weighted by Gasteiger charge is 2.27. The lowest BCUT2D eigenvalue weighted by molar-refractivity contribution is -0.684. The predicted molar refractivity (Wildman–Crippen MR) is 409 cm³/mol. The van der Waals surface area contributed by atoms with E-state index in [-0.39, 0.29) is 7.43 Å². The molecule has 0 bridgehead atoms. The zero-order valence-corrected chi connectivity index (χ0v) is 69.9. The van der Waals surface area contributed by atoms with Crippen molar-refractivity contribution >= 4 is 43.2 Å². The number of rotatable bonds is 12. The Morgan fingerprint density at radius 1 is 0.583 bits per heavy atom. The molecule has 0 amide bonds. The minimum absolute atomic E-state index is 0. The third-order valence-corrected chi connectivity index (χ3v) is 26.1. The summed E-state index contributed by atoms with van der Waals surface area (Å²) in [6.45, 7) is 86.5. The Morgan fingerprint density at radius 3 is 1.00 bits per heavy atom. The standard InChI is InChI=1S/C11H18N.C9H25N2P2.C8H15N2.C7H19NP.C7H15N.C6H16NOS.C6H16NS.C6H12.2C4H10.CH4/c1-7-8(2)10(4)12(6)11(5)9(7)3;1-9(2)11(3)13(7,8)10-12(4,5)6;1-6-7(2)10(5)8(3)9(6)4;1-7(2)8(3)9(4,5)6;1-6(2)8(5)7(3)4;1-6(2)7(3)9(4,5)8;1-6(2)7(3)8(4)5;1-5(2)6(3)4;2*1-4(2)3;/h1-6H3;9H,1-8H3;1-5H3;7H,1-6H3;7H,1H2,2-5H3;6H,1-5H3;6H,1-5H3;6H,1H2,2-4H3;2*4H,1-3H3;1H4/q4*+1;;2*+1;;;;. The number of hydrogen-bond acceptors (Lipinski definition) is 5. The van der Waals surface area contributed by atoms with Crippen molar-refractivity contribution in [3.8, 4) is 0 Å². The zero-order chi connectivity index (χ0) is 69.3. The van der Waals surface area contributed by atoms with E-state index in [9.17, 15) is 4.21 Å². The van der Waals surface area contributed by atoms with Gasteiger partial charge in [-0.3, -0.25) is 4.67 Å². The highest BCUT2D eigenvalue weighted by atomic mass is 32.3. The van der Waals surface area contributed by atoms with Gasteiger partial charge in [-0.1, -0.05) is 85.8 Å². The molecule has 508 valence electrons. The highest BCUT2D eigenvalue weighted by Crippen LogP contribution is 2.61. The first-order valence-corrected chi connectivity index (χ1v) is 43.7. The van der Waals surface area contributed by atoms with E-state index in [0.29, 0.717) is 47.2 Å². The van der Waals surface area contributed by atoms with E-state index in [1.807, 2.05) is 46.1 Å². The van der Waals surface area contributed by atoms with Crippen LogP contribution in [0.15, 0.2) is 28.9 Å². The molecule has 2 aromatic heterocycles. The summed E-state index contributed by atoms with van der Waals surface area (Å²) in [5.41, 5.74) is 12.1. The summed E-state index contributed by atoms with van der Waals surface area (Å²) in [6, 6.07) is 2.92. The monoisotopic (exact) mass is 1290 g/mol. The van der Waals surface area contributed by atoms with Gasteiger partial charge in [-0.25, -0.2) is 13.7 Å². The second-order valence-corrected chi connectivity index (χ2v) is 45.7. The highest BCUT2D eigenvalue weighted by molar-refractivity contribution is 7.99. The van der Waals surface area contributed by atoms with E-state index < -0.39 is 32.2 Å². The van der Waals surface area contributed by atoms with Gasteiger partial charge in [0.25, 0.3) is 5.82 Å². The molecular weight excluding hydrogens is 1130 g/mol. The Morgan fingerprint density at radius 2 is 0.905 bits per heavy atom. The summed E-state index contributed by atoms with van der Waals surface area (Å²) in [6.07, 6.45) is 7.99. The molecule has 0 saturated carbocycles. The molecule has 0 aliphatic heterocycles. The Hall–Kier alpha value is -0.930. The van der Waals surface area contributed by atoms with Crippen molar-refractivity contribution in [3.63, 3.8) is 0 Å². The molecule has 0 spiro atoms. The largest absolute Gasteiger partial charge is 0.376 e. The first-order chi connectivity index (χ1) is 36.5. The molecule has 15 heteroatoms. The summed E-state index contributed by atoms with van der Waals surface area (Å²) >= 11 is 0.443. The van der Waals surface area contributed by atoms with Crippen LogP contribution < -0.4 is 9.13 Å². The normalized spacial score (nSPS) is 11.3. The molecule has 10 nitrogen and oxygen atoms in total. The molecule has 0 aliphatic carbocycles. The van der Waals surface area contributed by atoms with Gasteiger partial charge in [0.1, 0.15) is 50.9 Å². The van der Waals surface area contributed by atoms with Gasteiger partial charge >= 0.3 is 0 Å². The van der Waals surface area contributed by atoms with Crippen molar-refractivity contribution in [2.24, 2.45) is 43.4 Å². The molecule has 2 rings (SSSR count). The van der Waals surface area contributed by atoms with E-state index in [1.54, 1.807) is 12.5 Å². The zero-order valence-electron chi connectivity index (χ0n) is 65.6. The molecular formula is C69H160N9OP3S2+6. The molecule has 0 N–H and O–H groups in total. The summed E-state index contributed by atoms with van der Waals surface area (Å²) in [4.78, 5) is 2.14. The van der Waals surface area contributed by atoms with E-state index in [2.05, 4.69) is 320 Å². The van der Waals surface area contributed by atoms with Crippen LogP contribution in [0.4, 0.5) is 0 Å².